The van der Waals surface area contributed by atoms with E-state index < -0.39 is 31.6 Å². The average Bonchev–Trinajstić information content (AvgIpc) is 2.62. The molecule has 2 heterocycles. The van der Waals surface area contributed by atoms with Crippen LogP contribution in [-0.4, -0.2) is 25.0 Å². The molecule has 2 aromatic rings. The predicted molar refractivity (Wildman–Crippen MR) is 106 cm³/mol. The zero-order chi connectivity index (χ0) is 20.3. The third-order valence-corrected chi connectivity index (χ3v) is 6.46. The standard InChI is InChI=1S/C19H15NO6S2/c1-3-25-28(23,24)18(20-2)11-15-8-14-9-16-12-27(22)7-5-4-6-13(16)10-17(14)26-19(15)21/h8-11H,3,5,7,12H2,1H3/b18-11-. The summed E-state index contributed by atoms with van der Waals surface area (Å²) < 4.78 is 45.9. The van der Waals surface area contributed by atoms with Crippen molar-refractivity contribution in [1.82, 2.24) is 0 Å². The van der Waals surface area contributed by atoms with Crippen LogP contribution in [0.25, 0.3) is 21.9 Å². The van der Waals surface area contributed by atoms with E-state index >= 15 is 0 Å². The van der Waals surface area contributed by atoms with Crippen molar-refractivity contribution in [2.45, 2.75) is 19.1 Å². The van der Waals surface area contributed by atoms with Gasteiger partial charge in [0, 0.05) is 39.7 Å². The summed E-state index contributed by atoms with van der Waals surface area (Å²) in [5.74, 6) is 6.76. The Balaban J connectivity index is 2.17. The fourth-order valence-corrected chi connectivity index (χ4v) is 4.52. The fraction of sp³-hybridized carbons (Fsp3) is 0.263. The zero-order valence-electron chi connectivity index (χ0n) is 14.9. The fourth-order valence-electron chi connectivity index (χ4n) is 2.64. The molecule has 1 aromatic carbocycles. The van der Waals surface area contributed by atoms with Crippen LogP contribution in [0.4, 0.5) is 0 Å². The van der Waals surface area contributed by atoms with Crippen LogP contribution in [0, 0.1) is 18.4 Å². The highest BCUT2D eigenvalue weighted by Gasteiger charge is 2.20. The van der Waals surface area contributed by atoms with Crippen molar-refractivity contribution >= 4 is 38.0 Å². The highest BCUT2D eigenvalue weighted by atomic mass is 32.2. The minimum Gasteiger partial charge on any atom is -0.422 e. The molecular weight excluding hydrogens is 402 g/mol. The maximum absolute atomic E-state index is 12.3. The van der Waals surface area contributed by atoms with E-state index in [0.29, 0.717) is 28.9 Å². The highest BCUT2D eigenvalue weighted by molar-refractivity contribution is 7.91. The molecule has 1 unspecified atom stereocenters. The van der Waals surface area contributed by atoms with E-state index in [9.17, 15) is 17.4 Å². The Hall–Kier alpha value is -2.72. The van der Waals surface area contributed by atoms with Crippen LogP contribution in [0.5, 0.6) is 0 Å². The molecule has 0 aliphatic carbocycles. The lowest BCUT2D eigenvalue weighted by molar-refractivity contribution is 0.343. The van der Waals surface area contributed by atoms with Gasteiger partial charge in [-0.25, -0.2) is 18.1 Å². The first-order chi connectivity index (χ1) is 13.3. The van der Waals surface area contributed by atoms with Crippen molar-refractivity contribution in [3.05, 3.63) is 61.8 Å². The van der Waals surface area contributed by atoms with Crippen LogP contribution < -0.4 is 5.63 Å². The zero-order valence-corrected chi connectivity index (χ0v) is 16.5. The van der Waals surface area contributed by atoms with E-state index in [2.05, 4.69) is 20.9 Å². The Morgan fingerprint density at radius 1 is 1.43 bits per heavy atom. The SMILES string of the molecule is [C-]#[N+]/C(=C/c1cc2cc3c(cc2oc1=O)C#CCCS(=O)C3)S(=O)(=O)OCC. The number of rotatable bonds is 4. The van der Waals surface area contributed by atoms with E-state index in [1.54, 1.807) is 12.1 Å². The second kappa shape index (κ2) is 8.11. The maximum atomic E-state index is 12.3. The number of benzene rings is 1. The largest absolute Gasteiger partial charge is 0.422 e. The summed E-state index contributed by atoms with van der Waals surface area (Å²) in [6.45, 7) is 8.43. The van der Waals surface area contributed by atoms with Gasteiger partial charge in [-0.05, 0) is 36.8 Å². The molecule has 0 saturated carbocycles. The smallest absolute Gasteiger partial charge is 0.342 e. The van der Waals surface area contributed by atoms with E-state index in [1.165, 1.54) is 13.0 Å². The molecule has 7 nitrogen and oxygen atoms in total. The van der Waals surface area contributed by atoms with Gasteiger partial charge in [0.1, 0.15) is 5.58 Å². The van der Waals surface area contributed by atoms with Gasteiger partial charge >= 0.3 is 20.8 Å². The number of hydrogen-bond acceptors (Lipinski definition) is 6. The van der Waals surface area contributed by atoms with E-state index in [1.807, 2.05) is 0 Å². The van der Waals surface area contributed by atoms with Gasteiger partial charge < -0.3 is 4.42 Å². The molecule has 0 saturated heterocycles. The summed E-state index contributed by atoms with van der Waals surface area (Å²) in [6.07, 6.45) is 1.46. The summed E-state index contributed by atoms with van der Waals surface area (Å²) in [4.78, 5) is 15.2. The normalized spacial score (nSPS) is 17.0. The first kappa shape index (κ1) is 20.0. The third kappa shape index (κ3) is 4.23. The Bertz CT molecular complexity index is 1270. The second-order valence-electron chi connectivity index (χ2n) is 5.83. The molecule has 0 amide bonds. The van der Waals surface area contributed by atoms with E-state index in [-0.39, 0.29) is 17.8 Å². The average molecular weight is 417 g/mol. The van der Waals surface area contributed by atoms with Gasteiger partial charge in [-0.15, -0.1) is 0 Å². The topological polar surface area (TPSA) is 95.0 Å². The molecule has 0 spiro atoms. The van der Waals surface area contributed by atoms with Crippen molar-refractivity contribution in [1.29, 1.82) is 0 Å². The quantitative estimate of drug-likeness (QED) is 0.328. The molecule has 0 bridgehead atoms. The Morgan fingerprint density at radius 2 is 2.21 bits per heavy atom. The van der Waals surface area contributed by atoms with Crippen LogP contribution >= 0.6 is 0 Å². The van der Waals surface area contributed by atoms with Gasteiger partial charge in [-0.2, -0.15) is 0 Å². The van der Waals surface area contributed by atoms with Gasteiger partial charge in [-0.3, -0.25) is 8.39 Å². The molecule has 1 atom stereocenters. The van der Waals surface area contributed by atoms with Crippen molar-refractivity contribution in [2.24, 2.45) is 0 Å². The number of nitrogens with zero attached hydrogens (tertiary/aromatic N) is 1. The molecule has 0 radical (unpaired) electrons. The molecule has 0 N–H and O–H groups in total. The molecule has 1 aliphatic heterocycles. The van der Waals surface area contributed by atoms with Crippen molar-refractivity contribution in [3.8, 4) is 11.8 Å². The summed E-state index contributed by atoms with van der Waals surface area (Å²) in [5, 5.41) is -0.193. The van der Waals surface area contributed by atoms with Crippen molar-refractivity contribution < 1.29 is 21.2 Å². The molecule has 9 heteroatoms. The lowest BCUT2D eigenvalue weighted by Gasteiger charge is -2.09. The van der Waals surface area contributed by atoms with Crippen LogP contribution in [0.3, 0.4) is 0 Å². The monoisotopic (exact) mass is 417 g/mol. The maximum Gasteiger partial charge on any atom is 0.342 e. The van der Waals surface area contributed by atoms with Crippen LogP contribution in [0.2, 0.25) is 0 Å². The molecule has 28 heavy (non-hydrogen) atoms. The van der Waals surface area contributed by atoms with E-state index in [0.717, 1.165) is 11.6 Å². The first-order valence-electron chi connectivity index (χ1n) is 8.27. The lowest BCUT2D eigenvalue weighted by atomic mass is 10.0. The predicted octanol–water partition coefficient (Wildman–Crippen LogP) is 2.38. The molecule has 3 rings (SSSR count). The molecule has 1 aromatic heterocycles. The van der Waals surface area contributed by atoms with Gasteiger partial charge in [0.05, 0.1) is 18.7 Å². The van der Waals surface area contributed by atoms with Gasteiger partial charge in [0.25, 0.3) is 0 Å². The summed E-state index contributed by atoms with van der Waals surface area (Å²) in [6, 6.07) is 4.77. The van der Waals surface area contributed by atoms with E-state index in [4.69, 9.17) is 11.0 Å². The van der Waals surface area contributed by atoms with Gasteiger partial charge in [0.15, 0.2) is 0 Å². The highest BCUT2D eigenvalue weighted by Crippen LogP contribution is 2.23. The second-order valence-corrected chi connectivity index (χ2v) is 8.97. The van der Waals surface area contributed by atoms with Gasteiger partial charge in [0.2, 0.25) is 0 Å². The number of hydrogen-bond donors (Lipinski definition) is 0. The minimum atomic E-state index is -4.25. The van der Waals surface area contributed by atoms with Crippen LogP contribution in [-0.2, 0) is 30.9 Å². The van der Waals surface area contributed by atoms with Crippen molar-refractivity contribution in [3.63, 3.8) is 0 Å². The first-order valence-corrected chi connectivity index (χ1v) is 11.2. The summed E-state index contributed by atoms with van der Waals surface area (Å²) in [5.41, 5.74) is 0.794. The molecule has 1 aliphatic rings. The molecule has 0 fully saturated rings. The summed E-state index contributed by atoms with van der Waals surface area (Å²) >= 11 is 0. The van der Waals surface area contributed by atoms with Gasteiger partial charge in [-0.1, -0.05) is 11.8 Å². The molecular formula is C19H15NO6S2. The number of fused-ring (bicyclic) bond motifs is 2. The van der Waals surface area contributed by atoms with Crippen molar-refractivity contribution in [2.75, 3.05) is 12.4 Å². The Kier molecular flexibility index (Phi) is 5.80. The Morgan fingerprint density at radius 3 is 2.93 bits per heavy atom. The third-order valence-electron chi connectivity index (χ3n) is 3.90. The summed E-state index contributed by atoms with van der Waals surface area (Å²) in [7, 11) is -5.30. The minimum absolute atomic E-state index is 0.0974. The van der Waals surface area contributed by atoms with Crippen LogP contribution in [0.15, 0.2) is 32.4 Å². The molecule has 144 valence electrons. The Labute approximate surface area is 164 Å². The van der Waals surface area contributed by atoms with Crippen LogP contribution in [0.1, 0.15) is 30.0 Å². The lowest BCUT2D eigenvalue weighted by Crippen LogP contribution is -2.09.